The molecule has 0 aliphatic carbocycles. The van der Waals surface area contributed by atoms with E-state index in [9.17, 15) is 13.2 Å². The Balaban J connectivity index is 3.23. The van der Waals surface area contributed by atoms with Crippen LogP contribution in [0.2, 0.25) is 0 Å². The molecule has 0 atom stereocenters. The molecule has 1 aromatic carbocycles. The fraction of sp³-hybridized carbons (Fsp3) is 0.100. The number of nitriles is 1. The lowest BCUT2D eigenvalue weighted by molar-refractivity contribution is -0.274. The lowest BCUT2D eigenvalue weighted by atomic mass is 10.3. The monoisotopic (exact) mass is 427 g/mol. The van der Waals surface area contributed by atoms with E-state index in [1.807, 2.05) is 0 Å². The maximum atomic E-state index is 12.4. The van der Waals surface area contributed by atoms with Crippen molar-refractivity contribution in [2.75, 3.05) is 5.43 Å². The summed E-state index contributed by atoms with van der Waals surface area (Å²) >= 11 is 6.06. The molecule has 11 heteroatoms. The number of anilines is 1. The summed E-state index contributed by atoms with van der Waals surface area (Å²) in [6.45, 7) is 0. The van der Waals surface area contributed by atoms with Crippen molar-refractivity contribution in [2.24, 2.45) is 10.8 Å². The van der Waals surface area contributed by atoms with Gasteiger partial charge in [-0.3, -0.25) is 10.8 Å². The van der Waals surface area contributed by atoms with Crippen molar-refractivity contribution in [1.29, 1.82) is 10.7 Å². The summed E-state index contributed by atoms with van der Waals surface area (Å²) in [5, 5.41) is 19.2. The average molecular weight is 429 g/mol. The number of amidine groups is 1. The molecule has 0 saturated carbocycles. The summed E-state index contributed by atoms with van der Waals surface area (Å²) in [4.78, 5) is 0. The third-order valence-electron chi connectivity index (χ3n) is 1.89. The van der Waals surface area contributed by atoms with E-state index in [0.29, 0.717) is 4.47 Å². The van der Waals surface area contributed by atoms with E-state index in [1.165, 1.54) is 12.1 Å². The molecule has 1 aromatic rings. The largest absolute Gasteiger partial charge is 0.573 e. The quantitative estimate of drug-likeness (QED) is 0.388. The van der Waals surface area contributed by atoms with Crippen LogP contribution in [0.3, 0.4) is 0 Å². The van der Waals surface area contributed by atoms with Crippen LogP contribution in [0, 0.1) is 16.7 Å². The highest BCUT2D eigenvalue weighted by molar-refractivity contribution is 9.11. The maximum Gasteiger partial charge on any atom is 0.573 e. The van der Waals surface area contributed by atoms with Crippen LogP contribution in [-0.2, 0) is 0 Å². The molecule has 0 bridgehead atoms. The first kappa shape index (κ1) is 17.3. The molecule has 4 N–H and O–H groups in total. The third kappa shape index (κ3) is 5.24. The van der Waals surface area contributed by atoms with Crippen LogP contribution >= 0.6 is 31.9 Å². The van der Waals surface area contributed by atoms with Crippen LogP contribution in [0.4, 0.5) is 18.9 Å². The van der Waals surface area contributed by atoms with Crippen LogP contribution < -0.4 is 15.9 Å². The highest BCUT2D eigenvalue weighted by Gasteiger charge is 2.32. The lowest BCUT2D eigenvalue weighted by Gasteiger charge is -2.14. The van der Waals surface area contributed by atoms with Gasteiger partial charge < -0.3 is 10.5 Å². The van der Waals surface area contributed by atoms with Crippen LogP contribution in [0.25, 0.3) is 0 Å². The van der Waals surface area contributed by atoms with E-state index in [2.05, 4.69) is 47.1 Å². The van der Waals surface area contributed by atoms with Crippen molar-refractivity contribution >= 4 is 49.1 Å². The molecule has 0 fully saturated rings. The summed E-state index contributed by atoms with van der Waals surface area (Å²) in [5.41, 5.74) is 6.63. The highest BCUT2D eigenvalue weighted by Crippen LogP contribution is 2.38. The van der Waals surface area contributed by atoms with E-state index in [0.717, 1.165) is 6.07 Å². The topological polar surface area (TPSA) is 107 Å². The van der Waals surface area contributed by atoms with Gasteiger partial charge in [-0.1, -0.05) is 15.9 Å². The van der Waals surface area contributed by atoms with Gasteiger partial charge in [0.2, 0.25) is 5.71 Å². The van der Waals surface area contributed by atoms with E-state index >= 15 is 0 Å². The van der Waals surface area contributed by atoms with Gasteiger partial charge in [-0.15, -0.1) is 13.2 Å². The predicted molar refractivity (Wildman–Crippen MR) is 77.1 cm³/mol. The third-order valence-corrected chi connectivity index (χ3v) is 2.97. The zero-order valence-corrected chi connectivity index (χ0v) is 13.1. The Morgan fingerprint density at radius 3 is 2.52 bits per heavy atom. The van der Waals surface area contributed by atoms with E-state index < -0.39 is 23.7 Å². The Morgan fingerprint density at radius 1 is 1.43 bits per heavy atom. The summed E-state index contributed by atoms with van der Waals surface area (Å²) in [6, 6.07) is 4.03. The Hall–Kier alpha value is -1.80. The van der Waals surface area contributed by atoms with E-state index in [-0.39, 0.29) is 10.2 Å². The molecular formula is C10H6Br2F3N5O. The molecule has 0 saturated heterocycles. The van der Waals surface area contributed by atoms with Gasteiger partial charge in [-0.05, 0) is 28.1 Å². The molecule has 0 radical (unpaired) electrons. The first-order valence-electron chi connectivity index (χ1n) is 4.97. The SMILES string of the molecule is N#C/C(=N\Nc1c(Br)cc(Br)cc1OC(F)(F)F)C(=N)N. The number of nitrogens with one attached hydrogen (secondary N) is 2. The van der Waals surface area contributed by atoms with Gasteiger partial charge in [-0.2, -0.15) is 10.4 Å². The second kappa shape index (κ2) is 6.77. The van der Waals surface area contributed by atoms with Gasteiger partial charge in [0.25, 0.3) is 0 Å². The molecule has 0 aromatic heterocycles. The molecule has 0 unspecified atom stereocenters. The average Bonchev–Trinajstić information content (AvgIpc) is 2.29. The van der Waals surface area contributed by atoms with Crippen molar-refractivity contribution < 1.29 is 17.9 Å². The van der Waals surface area contributed by atoms with Crippen LogP contribution in [0.15, 0.2) is 26.2 Å². The van der Waals surface area contributed by atoms with Gasteiger partial charge in [0.05, 0.1) is 0 Å². The molecule has 1 rings (SSSR count). The molecule has 0 aliphatic heterocycles. The van der Waals surface area contributed by atoms with Gasteiger partial charge in [-0.25, -0.2) is 0 Å². The molecule has 6 nitrogen and oxygen atoms in total. The zero-order chi connectivity index (χ0) is 16.2. The number of rotatable bonds is 4. The maximum absolute atomic E-state index is 12.4. The number of benzene rings is 1. The first-order valence-corrected chi connectivity index (χ1v) is 6.55. The zero-order valence-electron chi connectivity index (χ0n) is 9.92. The fourth-order valence-electron chi connectivity index (χ4n) is 1.12. The number of hydrazone groups is 1. The Kier molecular flexibility index (Phi) is 5.56. The van der Waals surface area contributed by atoms with Gasteiger partial charge in [0.1, 0.15) is 11.8 Å². The number of nitrogens with zero attached hydrogens (tertiary/aromatic N) is 2. The molecule has 0 amide bonds. The smallest absolute Gasteiger partial charge is 0.403 e. The molecule has 0 aliphatic rings. The number of ether oxygens (including phenoxy) is 1. The fourth-order valence-corrected chi connectivity index (χ4v) is 2.40. The minimum atomic E-state index is -4.90. The molecule has 21 heavy (non-hydrogen) atoms. The number of hydrogen-bond donors (Lipinski definition) is 3. The first-order chi connectivity index (χ1) is 9.64. The molecule has 112 valence electrons. The minimum Gasteiger partial charge on any atom is -0.403 e. The van der Waals surface area contributed by atoms with Crippen molar-refractivity contribution in [3.63, 3.8) is 0 Å². The highest BCUT2D eigenvalue weighted by atomic mass is 79.9. The summed E-state index contributed by atoms with van der Waals surface area (Å²) in [6.07, 6.45) is -4.90. The molecule has 0 heterocycles. The Labute approximate surface area is 133 Å². The summed E-state index contributed by atoms with van der Waals surface area (Å²) in [5.74, 6) is -1.20. The normalized spacial score (nSPS) is 11.7. The standard InChI is InChI=1S/C10H6Br2F3N5O/c11-4-1-5(12)8(7(2-4)21-10(13,14)15)20-19-6(3-16)9(17)18/h1-2,20H,(H3,17,18)/b19-6+. The van der Waals surface area contributed by atoms with Crippen molar-refractivity contribution in [1.82, 2.24) is 0 Å². The second-order valence-corrected chi connectivity index (χ2v) is 5.18. The summed E-state index contributed by atoms with van der Waals surface area (Å²) < 4.78 is 41.5. The van der Waals surface area contributed by atoms with Gasteiger partial charge in [0.15, 0.2) is 11.6 Å². The van der Waals surface area contributed by atoms with Crippen LogP contribution in [0.5, 0.6) is 5.75 Å². The second-order valence-electron chi connectivity index (χ2n) is 3.41. The van der Waals surface area contributed by atoms with E-state index in [4.69, 9.17) is 16.4 Å². The Morgan fingerprint density at radius 2 is 2.05 bits per heavy atom. The van der Waals surface area contributed by atoms with Crippen LogP contribution in [-0.4, -0.2) is 17.9 Å². The predicted octanol–water partition coefficient (Wildman–Crippen LogP) is 3.34. The number of halogens is 5. The lowest BCUT2D eigenvalue weighted by Crippen LogP contribution is -2.22. The minimum absolute atomic E-state index is 0.176. The van der Waals surface area contributed by atoms with Gasteiger partial charge in [0, 0.05) is 8.95 Å². The molecule has 0 spiro atoms. The molecular weight excluding hydrogens is 423 g/mol. The van der Waals surface area contributed by atoms with E-state index in [1.54, 1.807) is 0 Å². The van der Waals surface area contributed by atoms with Crippen molar-refractivity contribution in [3.8, 4) is 11.8 Å². The number of hydrogen-bond acceptors (Lipinski definition) is 5. The van der Waals surface area contributed by atoms with Crippen molar-refractivity contribution in [2.45, 2.75) is 6.36 Å². The van der Waals surface area contributed by atoms with Crippen LogP contribution in [0.1, 0.15) is 0 Å². The van der Waals surface area contributed by atoms with Gasteiger partial charge >= 0.3 is 6.36 Å². The summed E-state index contributed by atoms with van der Waals surface area (Å²) in [7, 11) is 0. The Bertz CT molecular complexity index is 639. The number of nitrogens with two attached hydrogens (primary N) is 1. The number of alkyl halides is 3. The van der Waals surface area contributed by atoms with Crippen molar-refractivity contribution in [3.05, 3.63) is 21.1 Å².